The quantitative estimate of drug-likeness (QED) is 0.499. The average Bonchev–Trinajstić information content (AvgIpc) is 2.80. The van der Waals surface area contributed by atoms with Crippen molar-refractivity contribution < 1.29 is 52.5 Å². The minimum atomic E-state index is -1.27. The van der Waals surface area contributed by atoms with Gasteiger partial charge in [-0.25, -0.2) is 0 Å². The van der Waals surface area contributed by atoms with Crippen LogP contribution in [0.15, 0.2) is 37.6 Å². The van der Waals surface area contributed by atoms with E-state index in [1.165, 1.54) is 14.4 Å². The maximum Gasteiger partial charge on any atom is -1.00 e. The van der Waals surface area contributed by atoms with Gasteiger partial charge in [-0.15, -0.1) is 0 Å². The molecule has 1 atom stereocenters. The van der Waals surface area contributed by atoms with Crippen molar-refractivity contribution in [3.63, 3.8) is 0 Å². The fraction of sp³-hybridized carbons (Fsp3) is 0.429. The van der Waals surface area contributed by atoms with Gasteiger partial charge in [-0.05, 0) is 0 Å². The molecule has 0 saturated carbocycles. The molecule has 0 aromatic carbocycles. The van der Waals surface area contributed by atoms with Gasteiger partial charge < -0.3 is 24.8 Å². The number of rotatable bonds is 3. The van der Waals surface area contributed by atoms with Crippen molar-refractivity contribution in [2.75, 3.05) is 0 Å². The summed E-state index contributed by atoms with van der Waals surface area (Å²) in [5, 5.41) is 1.25. The average molecular weight is 395 g/mol. The Labute approximate surface area is 141 Å². The van der Waals surface area contributed by atoms with Gasteiger partial charge in [0.25, 0.3) is 0 Å². The van der Waals surface area contributed by atoms with Gasteiger partial charge in [0.2, 0.25) is 0 Å². The Morgan fingerprint density at radius 2 is 1.74 bits per heavy atom. The first kappa shape index (κ1) is 19.4. The normalized spacial score (nSPS) is 17.8. The Kier molecular flexibility index (Phi) is 7.62. The van der Waals surface area contributed by atoms with Crippen LogP contribution in [-0.2, 0) is 23.2 Å². The number of allylic oxidation sites excluding steroid dienone is 4. The maximum absolute atomic E-state index is 6.07. The number of halogens is 2. The summed E-state index contributed by atoms with van der Waals surface area (Å²) in [5.74, 6) is 0.655. The second kappa shape index (κ2) is 7.45. The second-order valence-corrected chi connectivity index (χ2v) is 14.0. The molecule has 1 unspecified atom stereocenters. The molecule has 0 fully saturated rings. The molecule has 2 rings (SSSR count). The van der Waals surface area contributed by atoms with E-state index in [0.717, 1.165) is 0 Å². The molecule has 0 radical (unpaired) electrons. The van der Waals surface area contributed by atoms with E-state index in [0.29, 0.717) is 5.92 Å². The van der Waals surface area contributed by atoms with Crippen LogP contribution in [0, 0.1) is 5.92 Å². The minimum absolute atomic E-state index is 0. The smallest absolute Gasteiger partial charge is 1.00 e. The molecule has 1 aromatic heterocycles. The van der Waals surface area contributed by atoms with E-state index in [-0.39, 0.29) is 24.8 Å². The molecule has 5 heteroatoms. The van der Waals surface area contributed by atoms with Crippen molar-refractivity contribution in [1.29, 1.82) is 0 Å². The van der Waals surface area contributed by atoms with E-state index in [9.17, 15) is 0 Å². The Balaban J connectivity index is 0.00000162. The summed E-state index contributed by atoms with van der Waals surface area (Å²) < 4.78 is 8.99. The molecule has 1 heterocycles. The van der Waals surface area contributed by atoms with Crippen LogP contribution < -0.4 is 33.7 Å². The first-order valence-corrected chi connectivity index (χ1v) is 12.1. The fourth-order valence-corrected chi connectivity index (χ4v) is 6.11. The van der Waals surface area contributed by atoms with Crippen LogP contribution in [-0.4, -0.2) is 8.07 Å². The molecule has 0 spiro atoms. The molecule has 104 valence electrons. The topological polar surface area (TPSA) is 13.1 Å². The number of hydrogen-bond donors (Lipinski definition) is 0. The SMILES string of the molecule is CC1=CC=[C]([Zr+2][c]2ccc([Si](C)(C)C)o2)C1C.[Cl-].[Cl-]. The predicted molar refractivity (Wildman–Crippen MR) is 72.3 cm³/mol. The third kappa shape index (κ3) is 4.74. The third-order valence-corrected chi connectivity index (χ3v) is 8.48. The first-order valence-electron chi connectivity index (χ1n) is 6.13. The summed E-state index contributed by atoms with van der Waals surface area (Å²) in [6, 6.07) is 4.43. The number of hydrogen-bond acceptors (Lipinski definition) is 1. The molecule has 0 saturated heterocycles. The van der Waals surface area contributed by atoms with E-state index in [2.05, 4.69) is 57.8 Å². The molecule has 19 heavy (non-hydrogen) atoms. The van der Waals surface area contributed by atoms with Gasteiger partial charge in [-0.1, -0.05) is 0 Å². The number of furan rings is 1. The summed E-state index contributed by atoms with van der Waals surface area (Å²) in [5.41, 5.74) is 1.50. The van der Waals surface area contributed by atoms with Gasteiger partial charge in [0, 0.05) is 0 Å². The van der Waals surface area contributed by atoms with Crippen LogP contribution in [0.1, 0.15) is 13.8 Å². The van der Waals surface area contributed by atoms with Crippen LogP contribution in [0.25, 0.3) is 0 Å². The van der Waals surface area contributed by atoms with Crippen molar-refractivity contribution in [1.82, 2.24) is 0 Å². The molecule has 1 aliphatic rings. The second-order valence-electron chi connectivity index (χ2n) is 5.79. The van der Waals surface area contributed by atoms with Crippen LogP contribution in [0.2, 0.25) is 19.6 Å². The summed E-state index contributed by atoms with van der Waals surface area (Å²) >= 11 is -0.688. The maximum atomic E-state index is 6.07. The molecule has 1 aromatic rings. The van der Waals surface area contributed by atoms with Crippen molar-refractivity contribution in [3.05, 3.63) is 33.1 Å². The molecule has 0 bridgehead atoms. The zero-order valence-corrected chi connectivity index (χ0v) is 17.0. The van der Waals surface area contributed by atoms with E-state index in [1.807, 2.05) is 0 Å². The van der Waals surface area contributed by atoms with Crippen molar-refractivity contribution in [3.8, 4) is 0 Å². The fourth-order valence-electron chi connectivity index (χ4n) is 1.86. The largest absolute Gasteiger partial charge is 1.00 e. The van der Waals surface area contributed by atoms with Crippen LogP contribution >= 0.6 is 0 Å². The zero-order valence-electron chi connectivity index (χ0n) is 12.1. The van der Waals surface area contributed by atoms with E-state index in [1.54, 1.807) is 3.28 Å². The molecular weight excluding hydrogens is 374 g/mol. The van der Waals surface area contributed by atoms with Gasteiger partial charge in [0.05, 0.1) is 0 Å². The van der Waals surface area contributed by atoms with Gasteiger partial charge in [0.15, 0.2) is 0 Å². The van der Waals surface area contributed by atoms with E-state index < -0.39 is 31.3 Å². The first-order chi connectivity index (χ1) is 7.88. The van der Waals surface area contributed by atoms with Gasteiger partial charge in [0.1, 0.15) is 0 Å². The van der Waals surface area contributed by atoms with Crippen LogP contribution in [0.4, 0.5) is 0 Å². The summed E-state index contributed by atoms with van der Waals surface area (Å²) in [6.07, 6.45) is 4.59. The standard InChI is InChI=1S/C7H11OSi.C7H9.2ClH.Zr/c1-9(2,3)7-5-4-6-8-7;1-6-4-3-5-7(6)2;;;/h4-5H,1-3H3;3-4,7H,1-2H3;2*1H;/q;;;;+2/p-2. The monoisotopic (exact) mass is 392 g/mol. The van der Waals surface area contributed by atoms with Crippen LogP contribution in [0.3, 0.4) is 0 Å². The van der Waals surface area contributed by atoms with E-state index >= 15 is 0 Å². The van der Waals surface area contributed by atoms with Crippen molar-refractivity contribution in [2.24, 2.45) is 5.92 Å². The summed E-state index contributed by atoms with van der Waals surface area (Å²) in [7, 11) is -1.27. The predicted octanol–water partition coefficient (Wildman–Crippen LogP) is -2.98. The summed E-state index contributed by atoms with van der Waals surface area (Å²) in [6.45, 7) is 11.6. The van der Waals surface area contributed by atoms with Crippen LogP contribution in [0.5, 0.6) is 0 Å². The Bertz CT molecular complexity index is 486. The minimum Gasteiger partial charge on any atom is -1.00 e. The van der Waals surface area contributed by atoms with Crippen molar-refractivity contribution >= 4 is 16.9 Å². The molecular formula is C14H20Cl2OSiZr. The molecule has 0 N–H and O–H groups in total. The third-order valence-electron chi connectivity index (χ3n) is 3.29. The van der Waals surface area contributed by atoms with Gasteiger partial charge in [-0.3, -0.25) is 0 Å². The molecule has 1 aliphatic carbocycles. The van der Waals surface area contributed by atoms with Gasteiger partial charge in [-0.2, -0.15) is 0 Å². The Hall–Kier alpha value is 0.440. The molecule has 0 aliphatic heterocycles. The molecule has 0 amide bonds. The zero-order chi connectivity index (χ0) is 12.6. The van der Waals surface area contributed by atoms with E-state index in [4.69, 9.17) is 4.42 Å². The van der Waals surface area contributed by atoms with Gasteiger partial charge >= 0.3 is 117 Å². The molecule has 1 nitrogen and oxygen atoms in total. The van der Waals surface area contributed by atoms with Crippen molar-refractivity contribution in [2.45, 2.75) is 33.5 Å². The Morgan fingerprint density at radius 3 is 2.16 bits per heavy atom. The summed E-state index contributed by atoms with van der Waals surface area (Å²) in [4.78, 5) is 0. The Morgan fingerprint density at radius 1 is 1.11 bits per heavy atom.